The number of benzene rings is 2. The second-order valence-electron chi connectivity index (χ2n) is 7.51. The largest absolute Gasteiger partial charge is 0.274 e. The normalized spacial score (nSPS) is 13.3. The highest BCUT2D eigenvalue weighted by atomic mass is 19.1. The van der Waals surface area contributed by atoms with Crippen molar-refractivity contribution in [2.24, 2.45) is 0 Å². The Morgan fingerprint density at radius 3 is 2.43 bits per heavy atom. The first kappa shape index (κ1) is 18.2. The number of pyridine rings is 1. The van der Waals surface area contributed by atoms with Gasteiger partial charge >= 0.3 is 0 Å². The van der Waals surface area contributed by atoms with Crippen LogP contribution in [-0.4, -0.2) is 14.8 Å². The first-order chi connectivity index (χ1) is 14.6. The Kier molecular flexibility index (Phi) is 4.36. The summed E-state index contributed by atoms with van der Waals surface area (Å²) < 4.78 is 16.3. The lowest BCUT2D eigenvalue weighted by Gasteiger charge is -2.12. The second kappa shape index (κ2) is 7.20. The molecule has 0 amide bonds. The zero-order valence-electron chi connectivity index (χ0n) is 16.0. The Morgan fingerprint density at radius 1 is 1.03 bits per heavy atom. The quantitative estimate of drug-likeness (QED) is 0.480. The number of halogens is 1. The highest BCUT2D eigenvalue weighted by Gasteiger charge is 2.26. The van der Waals surface area contributed by atoms with Gasteiger partial charge in [-0.05, 0) is 48.7 Å². The van der Waals surface area contributed by atoms with Crippen LogP contribution in [0.1, 0.15) is 35.6 Å². The summed E-state index contributed by atoms with van der Waals surface area (Å²) in [4.78, 5) is 17.2. The van der Waals surface area contributed by atoms with E-state index in [0.29, 0.717) is 27.9 Å². The summed E-state index contributed by atoms with van der Waals surface area (Å²) >= 11 is 0. The third-order valence-corrected chi connectivity index (χ3v) is 5.40. The molecule has 30 heavy (non-hydrogen) atoms. The lowest BCUT2D eigenvalue weighted by atomic mass is 10.1. The van der Waals surface area contributed by atoms with E-state index in [1.54, 1.807) is 48.5 Å². The molecule has 1 saturated carbocycles. The number of fused-ring (bicyclic) bond motifs is 1. The number of hydrogen-bond donors (Lipinski definition) is 0. The summed E-state index contributed by atoms with van der Waals surface area (Å²) in [6.45, 7) is 0.220. The maximum absolute atomic E-state index is 14.9. The highest BCUT2D eigenvalue weighted by Crippen LogP contribution is 2.39. The fourth-order valence-corrected chi connectivity index (χ4v) is 3.63. The molecule has 5 rings (SSSR count). The Bertz CT molecular complexity index is 1370. The fourth-order valence-electron chi connectivity index (χ4n) is 3.63. The molecule has 5 nitrogen and oxygen atoms in total. The molecule has 6 heteroatoms. The van der Waals surface area contributed by atoms with Crippen molar-refractivity contribution in [3.05, 3.63) is 93.8 Å². The number of nitriles is 1. The van der Waals surface area contributed by atoms with Gasteiger partial charge in [-0.1, -0.05) is 30.3 Å². The Morgan fingerprint density at radius 2 is 1.77 bits per heavy atom. The van der Waals surface area contributed by atoms with Crippen LogP contribution in [0.3, 0.4) is 0 Å². The third-order valence-electron chi connectivity index (χ3n) is 5.40. The molecule has 146 valence electrons. The van der Waals surface area contributed by atoms with Gasteiger partial charge < -0.3 is 0 Å². The summed E-state index contributed by atoms with van der Waals surface area (Å²) in [5.41, 5.74) is 2.57. The van der Waals surface area contributed by atoms with Crippen LogP contribution in [0.2, 0.25) is 0 Å². The van der Waals surface area contributed by atoms with Gasteiger partial charge in [-0.25, -0.2) is 9.67 Å². The molecule has 0 radical (unpaired) electrons. The molecule has 0 saturated heterocycles. The average Bonchev–Trinajstić information content (AvgIpc) is 3.62. The molecular weight excluding hydrogens is 379 g/mol. The first-order valence-electron chi connectivity index (χ1n) is 9.80. The molecule has 2 aromatic carbocycles. The third kappa shape index (κ3) is 3.25. The molecule has 0 bridgehead atoms. The lowest BCUT2D eigenvalue weighted by Crippen LogP contribution is -2.24. The molecule has 1 aliphatic carbocycles. The molecule has 1 fully saturated rings. The first-order valence-corrected chi connectivity index (χ1v) is 9.80. The monoisotopic (exact) mass is 396 g/mol. The van der Waals surface area contributed by atoms with Gasteiger partial charge in [0, 0.05) is 17.0 Å². The van der Waals surface area contributed by atoms with Gasteiger partial charge in [-0.3, -0.25) is 4.79 Å². The number of hydrogen-bond acceptors (Lipinski definition) is 4. The molecule has 0 spiro atoms. The minimum atomic E-state index is -0.569. The summed E-state index contributed by atoms with van der Waals surface area (Å²) in [6, 6.07) is 19.7. The molecule has 1 aliphatic rings. The fraction of sp³-hybridized carbons (Fsp3) is 0.167. The van der Waals surface area contributed by atoms with Gasteiger partial charge in [0.05, 0.1) is 29.1 Å². The molecule has 2 aromatic heterocycles. The minimum absolute atomic E-state index is 0.220. The number of aromatic nitrogens is 3. The summed E-state index contributed by atoms with van der Waals surface area (Å²) in [7, 11) is 0. The van der Waals surface area contributed by atoms with Gasteiger partial charge in [0.1, 0.15) is 5.69 Å². The van der Waals surface area contributed by atoms with E-state index in [4.69, 9.17) is 5.26 Å². The van der Waals surface area contributed by atoms with Gasteiger partial charge in [0.2, 0.25) is 5.95 Å². The minimum Gasteiger partial charge on any atom is -0.267 e. The van der Waals surface area contributed by atoms with Crippen LogP contribution >= 0.6 is 0 Å². The van der Waals surface area contributed by atoms with E-state index in [0.717, 1.165) is 24.1 Å². The van der Waals surface area contributed by atoms with Crippen LogP contribution in [0, 0.1) is 17.3 Å². The topological polar surface area (TPSA) is 71.6 Å². The van der Waals surface area contributed by atoms with E-state index < -0.39 is 5.95 Å². The van der Waals surface area contributed by atoms with Gasteiger partial charge in [0.15, 0.2) is 0 Å². The van der Waals surface area contributed by atoms with E-state index in [1.807, 2.05) is 12.1 Å². The Labute approximate surface area is 172 Å². The molecule has 0 atom stereocenters. The van der Waals surface area contributed by atoms with Crippen molar-refractivity contribution in [2.45, 2.75) is 25.3 Å². The summed E-state index contributed by atoms with van der Waals surface area (Å²) in [5, 5.41) is 14.6. The van der Waals surface area contributed by atoms with Crippen molar-refractivity contribution in [2.75, 3.05) is 0 Å². The molecule has 2 heterocycles. The van der Waals surface area contributed by atoms with Crippen LogP contribution in [0.4, 0.5) is 4.39 Å². The molecule has 4 aromatic rings. The summed E-state index contributed by atoms with van der Waals surface area (Å²) in [6.07, 6.45) is 2.09. The average molecular weight is 396 g/mol. The van der Waals surface area contributed by atoms with E-state index in [-0.39, 0.29) is 17.7 Å². The molecule has 0 N–H and O–H groups in total. The number of rotatable bonds is 4. The maximum atomic E-state index is 14.9. The van der Waals surface area contributed by atoms with Crippen LogP contribution in [-0.2, 0) is 6.54 Å². The van der Waals surface area contributed by atoms with Gasteiger partial charge in [-0.2, -0.15) is 14.8 Å². The smallest absolute Gasteiger partial charge is 0.267 e. The van der Waals surface area contributed by atoms with Crippen molar-refractivity contribution >= 4 is 10.8 Å². The van der Waals surface area contributed by atoms with Crippen molar-refractivity contribution in [1.82, 2.24) is 14.8 Å². The predicted molar refractivity (Wildman–Crippen MR) is 111 cm³/mol. The van der Waals surface area contributed by atoms with E-state index in [9.17, 15) is 9.18 Å². The standard InChI is InChI=1S/C24H17FN4O/c25-23-20(11-12-21(27-23)17-9-10-17)22-18-3-1-2-4-19(18)24(30)29(28-22)14-16-7-5-15(13-26)6-8-16/h1-8,11-12,17H,9-10,14H2. The van der Waals surface area contributed by atoms with Crippen LogP contribution in [0.25, 0.3) is 22.0 Å². The van der Waals surface area contributed by atoms with Gasteiger partial charge in [0.25, 0.3) is 5.56 Å². The van der Waals surface area contributed by atoms with Crippen molar-refractivity contribution in [1.29, 1.82) is 5.26 Å². The van der Waals surface area contributed by atoms with E-state index >= 15 is 0 Å². The predicted octanol–water partition coefficient (Wildman–Crippen LogP) is 4.39. The van der Waals surface area contributed by atoms with E-state index in [2.05, 4.69) is 16.2 Å². The van der Waals surface area contributed by atoms with Crippen LogP contribution in [0.15, 0.2) is 65.5 Å². The molecular formula is C24H17FN4O. The SMILES string of the molecule is N#Cc1ccc(Cn2nc(-c3ccc(C4CC4)nc3F)c3ccccc3c2=O)cc1. The van der Waals surface area contributed by atoms with Crippen molar-refractivity contribution < 1.29 is 4.39 Å². The lowest BCUT2D eigenvalue weighted by molar-refractivity contribution is 0.578. The zero-order chi connectivity index (χ0) is 20.7. The molecule has 0 aliphatic heterocycles. The van der Waals surface area contributed by atoms with Crippen molar-refractivity contribution in [3.8, 4) is 17.3 Å². The highest BCUT2D eigenvalue weighted by molar-refractivity contribution is 5.93. The van der Waals surface area contributed by atoms with Gasteiger partial charge in [-0.15, -0.1) is 0 Å². The van der Waals surface area contributed by atoms with Crippen molar-refractivity contribution in [3.63, 3.8) is 0 Å². The number of nitrogens with zero attached hydrogens (tertiary/aromatic N) is 4. The maximum Gasteiger partial charge on any atom is 0.274 e. The second-order valence-corrected chi connectivity index (χ2v) is 7.51. The Balaban J connectivity index is 1.65. The van der Waals surface area contributed by atoms with E-state index in [1.165, 1.54) is 4.68 Å². The Hall–Kier alpha value is -3.85. The summed E-state index contributed by atoms with van der Waals surface area (Å²) in [5.74, 6) is -0.218. The molecule has 0 unspecified atom stereocenters. The van der Waals surface area contributed by atoms with Crippen LogP contribution < -0.4 is 5.56 Å². The van der Waals surface area contributed by atoms with Crippen LogP contribution in [0.5, 0.6) is 0 Å². The zero-order valence-corrected chi connectivity index (χ0v) is 16.0.